The number of hydrogen-bond acceptors (Lipinski definition) is 6. The van der Waals surface area contributed by atoms with Gasteiger partial charge >= 0.3 is 5.97 Å². The summed E-state index contributed by atoms with van der Waals surface area (Å²) in [6.07, 6.45) is 2.41. The number of nitrogens with one attached hydrogen (secondary N) is 1. The number of hydrogen-bond donors (Lipinski definition) is 1. The maximum absolute atomic E-state index is 13.4. The van der Waals surface area contributed by atoms with Crippen LogP contribution in [-0.2, 0) is 25.8 Å². The molecule has 33 heavy (non-hydrogen) atoms. The SMILES string of the molecule is CCCS(=O)(=O)c1csc(C(=O)N2C=C(C(=O)OCC)c3[nH]c4ccccc4c3CC2)c1Cl. The van der Waals surface area contributed by atoms with Gasteiger partial charge in [-0.3, -0.25) is 4.79 Å². The summed E-state index contributed by atoms with van der Waals surface area (Å²) in [7, 11) is -3.57. The number of esters is 1. The molecular weight excluding hydrogens is 484 g/mol. The first-order valence-corrected chi connectivity index (χ1v) is 13.5. The fraction of sp³-hybridized carbons (Fsp3) is 0.304. The van der Waals surface area contributed by atoms with Crippen molar-refractivity contribution in [3.8, 4) is 0 Å². The third-order valence-corrected chi connectivity index (χ3v) is 9.10. The fourth-order valence-corrected chi connectivity index (χ4v) is 7.31. The molecule has 0 unspecified atom stereocenters. The lowest BCUT2D eigenvalue weighted by Crippen LogP contribution is -2.27. The number of ether oxygens (including phenoxy) is 1. The second-order valence-corrected chi connectivity index (χ2v) is 10.9. The summed E-state index contributed by atoms with van der Waals surface area (Å²) < 4.78 is 30.2. The molecule has 3 aromatic rings. The normalized spacial score (nSPS) is 14.0. The van der Waals surface area contributed by atoms with Crippen LogP contribution in [-0.4, -0.2) is 49.1 Å². The van der Waals surface area contributed by atoms with Gasteiger partial charge in [0, 0.05) is 29.0 Å². The van der Waals surface area contributed by atoms with Crippen molar-refractivity contribution in [3.05, 3.63) is 57.0 Å². The highest BCUT2D eigenvalue weighted by Gasteiger charge is 2.31. The van der Waals surface area contributed by atoms with Crippen LogP contribution in [0.2, 0.25) is 5.02 Å². The number of carbonyl (C=O) groups excluding carboxylic acids is 2. The molecule has 4 rings (SSSR count). The average Bonchev–Trinajstić information content (AvgIpc) is 3.28. The van der Waals surface area contributed by atoms with Crippen molar-refractivity contribution in [2.24, 2.45) is 0 Å². The Bertz CT molecular complexity index is 1370. The highest BCUT2D eigenvalue weighted by molar-refractivity contribution is 7.91. The number of rotatable bonds is 6. The van der Waals surface area contributed by atoms with Crippen molar-refractivity contribution in [2.75, 3.05) is 18.9 Å². The van der Waals surface area contributed by atoms with Gasteiger partial charge in [0.1, 0.15) is 4.88 Å². The maximum Gasteiger partial charge on any atom is 0.341 e. The van der Waals surface area contributed by atoms with E-state index in [9.17, 15) is 18.0 Å². The first kappa shape index (κ1) is 23.5. The Morgan fingerprint density at radius 3 is 2.73 bits per heavy atom. The topological polar surface area (TPSA) is 96.5 Å². The summed E-state index contributed by atoms with van der Waals surface area (Å²) in [5.41, 5.74) is 2.67. The summed E-state index contributed by atoms with van der Waals surface area (Å²) in [5.74, 6) is -1.05. The molecule has 0 radical (unpaired) electrons. The number of nitrogens with zero attached hydrogens (tertiary/aromatic N) is 1. The summed E-state index contributed by atoms with van der Waals surface area (Å²) in [6.45, 7) is 3.96. The zero-order chi connectivity index (χ0) is 23.8. The average molecular weight is 507 g/mol. The molecule has 0 atom stereocenters. The molecule has 0 spiro atoms. The van der Waals surface area contributed by atoms with Crippen molar-refractivity contribution < 1.29 is 22.7 Å². The minimum Gasteiger partial charge on any atom is -0.462 e. The number of sulfone groups is 1. The van der Waals surface area contributed by atoms with E-state index in [1.165, 1.54) is 16.5 Å². The van der Waals surface area contributed by atoms with Crippen molar-refractivity contribution >= 4 is 61.1 Å². The maximum atomic E-state index is 13.4. The van der Waals surface area contributed by atoms with Crippen molar-refractivity contribution in [2.45, 2.75) is 31.6 Å². The molecule has 3 heterocycles. The number of carbonyl (C=O) groups is 2. The van der Waals surface area contributed by atoms with E-state index < -0.39 is 21.7 Å². The lowest BCUT2D eigenvalue weighted by atomic mass is 10.0. The molecular formula is C23H23ClN2O5S2. The molecule has 0 saturated heterocycles. The standard InChI is InChI=1S/C23H23ClN2O5S2/c1-3-11-33(29,30)18-13-32-21(19(18)24)22(27)26-10-9-15-14-7-5-6-8-17(14)25-20(15)16(12-26)23(28)31-4-2/h5-8,12-13,25H,3-4,9-11H2,1-2H3. The van der Waals surface area contributed by atoms with Crippen molar-refractivity contribution in [1.82, 2.24) is 9.88 Å². The van der Waals surface area contributed by atoms with Crippen LogP contribution >= 0.6 is 22.9 Å². The Hall–Kier alpha value is -2.62. The van der Waals surface area contributed by atoms with Crippen LogP contribution in [0.1, 0.15) is 41.2 Å². The van der Waals surface area contributed by atoms with E-state index in [-0.39, 0.29) is 32.7 Å². The van der Waals surface area contributed by atoms with Crippen LogP contribution in [0, 0.1) is 0 Å². The Morgan fingerprint density at radius 2 is 2.00 bits per heavy atom. The monoisotopic (exact) mass is 506 g/mol. The minimum absolute atomic E-state index is 0.0278. The van der Waals surface area contributed by atoms with Crippen LogP contribution in [0.3, 0.4) is 0 Å². The van der Waals surface area contributed by atoms with Gasteiger partial charge in [0.2, 0.25) is 0 Å². The molecule has 1 aliphatic rings. The van der Waals surface area contributed by atoms with Crippen LogP contribution in [0.4, 0.5) is 0 Å². The van der Waals surface area contributed by atoms with E-state index in [4.69, 9.17) is 16.3 Å². The van der Waals surface area contributed by atoms with Gasteiger partial charge in [-0.15, -0.1) is 11.3 Å². The van der Waals surface area contributed by atoms with Crippen molar-refractivity contribution in [1.29, 1.82) is 0 Å². The van der Waals surface area contributed by atoms with Crippen LogP contribution in [0.5, 0.6) is 0 Å². The van der Waals surface area contributed by atoms with Gasteiger partial charge in [0.15, 0.2) is 9.84 Å². The third-order valence-electron chi connectivity index (χ3n) is 5.43. The molecule has 1 aromatic carbocycles. The number of amides is 1. The van der Waals surface area contributed by atoms with E-state index >= 15 is 0 Å². The van der Waals surface area contributed by atoms with Crippen LogP contribution in [0.15, 0.2) is 40.7 Å². The smallest absolute Gasteiger partial charge is 0.341 e. The van der Waals surface area contributed by atoms with Gasteiger partial charge < -0.3 is 14.6 Å². The largest absolute Gasteiger partial charge is 0.462 e. The predicted molar refractivity (Wildman–Crippen MR) is 129 cm³/mol. The Kier molecular flexibility index (Phi) is 6.65. The third kappa shape index (κ3) is 4.32. The molecule has 0 aliphatic carbocycles. The highest BCUT2D eigenvalue weighted by atomic mass is 35.5. The predicted octanol–water partition coefficient (Wildman–Crippen LogP) is 4.67. The number of fused-ring (bicyclic) bond motifs is 3. The Morgan fingerprint density at radius 1 is 1.24 bits per heavy atom. The minimum atomic E-state index is -3.57. The summed E-state index contributed by atoms with van der Waals surface area (Å²) in [4.78, 5) is 31.0. The highest BCUT2D eigenvalue weighted by Crippen LogP contribution is 2.36. The Balaban J connectivity index is 1.76. The molecule has 10 heteroatoms. The number of H-pyrrole nitrogens is 1. The van der Waals surface area contributed by atoms with E-state index in [0.717, 1.165) is 27.8 Å². The second kappa shape index (κ2) is 9.32. The lowest BCUT2D eigenvalue weighted by molar-refractivity contribution is -0.136. The van der Waals surface area contributed by atoms with Crippen molar-refractivity contribution in [3.63, 3.8) is 0 Å². The summed E-state index contributed by atoms with van der Waals surface area (Å²) >= 11 is 7.35. The zero-order valence-electron chi connectivity index (χ0n) is 18.2. The summed E-state index contributed by atoms with van der Waals surface area (Å²) in [6, 6.07) is 7.72. The van der Waals surface area contributed by atoms with Gasteiger partial charge in [-0.2, -0.15) is 0 Å². The zero-order valence-corrected chi connectivity index (χ0v) is 20.6. The number of benzene rings is 1. The molecule has 7 nitrogen and oxygen atoms in total. The van der Waals surface area contributed by atoms with E-state index in [1.54, 1.807) is 13.8 Å². The van der Waals surface area contributed by atoms with Gasteiger partial charge in [-0.25, -0.2) is 13.2 Å². The van der Waals surface area contributed by atoms with E-state index in [1.807, 2.05) is 24.3 Å². The summed E-state index contributed by atoms with van der Waals surface area (Å²) in [5, 5.41) is 2.31. The first-order valence-electron chi connectivity index (χ1n) is 10.6. The molecule has 174 valence electrons. The lowest BCUT2D eigenvalue weighted by Gasteiger charge is -2.17. The molecule has 0 saturated carbocycles. The second-order valence-electron chi connectivity index (χ2n) is 7.60. The van der Waals surface area contributed by atoms with Gasteiger partial charge in [-0.1, -0.05) is 36.7 Å². The first-order chi connectivity index (χ1) is 15.8. The molecule has 0 fully saturated rings. The molecule has 1 aliphatic heterocycles. The molecule has 1 N–H and O–H groups in total. The number of halogens is 1. The fourth-order valence-electron chi connectivity index (χ4n) is 3.92. The van der Waals surface area contributed by atoms with Crippen LogP contribution in [0.25, 0.3) is 16.5 Å². The Labute approximate surface area is 200 Å². The van der Waals surface area contributed by atoms with E-state index in [2.05, 4.69) is 4.98 Å². The van der Waals surface area contributed by atoms with Gasteiger partial charge in [0.05, 0.1) is 33.5 Å². The van der Waals surface area contributed by atoms with E-state index in [0.29, 0.717) is 25.1 Å². The molecule has 0 bridgehead atoms. The number of aromatic nitrogens is 1. The number of para-hydroxylation sites is 1. The van der Waals surface area contributed by atoms with Crippen LogP contribution < -0.4 is 0 Å². The van der Waals surface area contributed by atoms with Gasteiger partial charge in [-0.05, 0) is 31.4 Å². The molecule has 1 amide bonds. The number of aromatic amines is 1. The quantitative estimate of drug-likeness (QED) is 0.490. The number of thiophene rings is 1. The van der Waals surface area contributed by atoms with Gasteiger partial charge in [0.25, 0.3) is 5.91 Å². The molecule has 2 aromatic heterocycles.